The second-order valence-corrected chi connectivity index (χ2v) is 5.22. The number of nitrogens with zero attached hydrogens (tertiary/aromatic N) is 1. The predicted molar refractivity (Wildman–Crippen MR) is 73.9 cm³/mol. The Hall–Kier alpha value is -1.95. The van der Waals surface area contributed by atoms with Gasteiger partial charge in [-0.1, -0.05) is 6.07 Å². The van der Waals surface area contributed by atoms with Gasteiger partial charge in [-0.2, -0.15) is 0 Å². The number of rotatable bonds is 5. The predicted octanol–water partition coefficient (Wildman–Crippen LogP) is 1.57. The molecule has 100 valence electrons. The highest BCUT2D eigenvalue weighted by Crippen LogP contribution is 2.12. The zero-order valence-corrected chi connectivity index (χ0v) is 11.3. The number of nitrogens with one attached hydrogen (secondary N) is 1. The van der Waals surface area contributed by atoms with E-state index in [-0.39, 0.29) is 11.3 Å². The van der Waals surface area contributed by atoms with Gasteiger partial charge >= 0.3 is 5.69 Å². The fraction of sp³-hybridized carbons (Fsp3) is 0.308. The molecule has 0 bridgehead atoms. The number of aromatic nitrogens is 2. The number of carbonyl (C=O) groups excluding carboxylic acids is 1. The van der Waals surface area contributed by atoms with Crippen molar-refractivity contribution in [3.05, 3.63) is 55.0 Å². The lowest BCUT2D eigenvalue weighted by Gasteiger charge is -2.05. The van der Waals surface area contributed by atoms with E-state index >= 15 is 0 Å². The van der Waals surface area contributed by atoms with Crippen LogP contribution in [0.5, 0.6) is 0 Å². The van der Waals surface area contributed by atoms with E-state index in [2.05, 4.69) is 4.98 Å². The van der Waals surface area contributed by atoms with E-state index in [4.69, 9.17) is 0 Å². The molecule has 6 heteroatoms. The smallest absolute Gasteiger partial charge is 0.300 e. The zero-order chi connectivity index (χ0) is 13.8. The van der Waals surface area contributed by atoms with Crippen molar-refractivity contribution in [3.8, 4) is 0 Å². The Kier molecular flexibility index (Phi) is 4.11. The van der Waals surface area contributed by atoms with Gasteiger partial charge in [-0.15, -0.1) is 11.3 Å². The molecule has 0 amide bonds. The van der Waals surface area contributed by atoms with Gasteiger partial charge in [-0.05, 0) is 24.8 Å². The van der Waals surface area contributed by atoms with E-state index in [0.717, 1.165) is 4.88 Å². The Morgan fingerprint density at radius 2 is 2.21 bits per heavy atom. The second kappa shape index (κ2) is 5.79. The molecule has 0 aliphatic heterocycles. The van der Waals surface area contributed by atoms with Gasteiger partial charge in [-0.3, -0.25) is 14.6 Å². The molecule has 19 heavy (non-hydrogen) atoms. The highest BCUT2D eigenvalue weighted by atomic mass is 32.1. The molecule has 2 aromatic rings. The molecule has 0 radical (unpaired) electrons. The average Bonchev–Trinajstić information content (AvgIpc) is 2.89. The Morgan fingerprint density at radius 3 is 2.89 bits per heavy atom. The monoisotopic (exact) mass is 278 g/mol. The molecule has 0 unspecified atom stereocenters. The maximum absolute atomic E-state index is 11.8. The van der Waals surface area contributed by atoms with Gasteiger partial charge in [0.25, 0.3) is 5.56 Å². The molecule has 0 spiro atoms. The van der Waals surface area contributed by atoms with Crippen LogP contribution in [-0.2, 0) is 6.54 Å². The van der Waals surface area contributed by atoms with Gasteiger partial charge < -0.3 is 4.57 Å². The summed E-state index contributed by atoms with van der Waals surface area (Å²) in [5.74, 6) is 0.0872. The summed E-state index contributed by atoms with van der Waals surface area (Å²) in [4.78, 5) is 37.5. The van der Waals surface area contributed by atoms with Crippen LogP contribution in [0.25, 0.3) is 0 Å². The van der Waals surface area contributed by atoms with Crippen LogP contribution in [-0.4, -0.2) is 15.3 Å². The number of hydrogen-bond acceptors (Lipinski definition) is 4. The summed E-state index contributed by atoms with van der Waals surface area (Å²) in [6.45, 7) is 2.07. The van der Waals surface area contributed by atoms with Crippen LogP contribution in [0.4, 0.5) is 0 Å². The molecule has 0 aliphatic carbocycles. The van der Waals surface area contributed by atoms with E-state index in [1.807, 2.05) is 11.4 Å². The third kappa shape index (κ3) is 3.29. The Morgan fingerprint density at radius 1 is 1.42 bits per heavy atom. The van der Waals surface area contributed by atoms with Crippen molar-refractivity contribution in [2.75, 3.05) is 0 Å². The molecule has 2 heterocycles. The summed E-state index contributed by atoms with van der Waals surface area (Å²) in [6.07, 6.45) is 2.49. The summed E-state index contributed by atoms with van der Waals surface area (Å²) in [5, 5.41) is 1.86. The minimum atomic E-state index is -0.431. The Balaban J connectivity index is 1.97. The minimum Gasteiger partial charge on any atom is -0.300 e. The molecule has 0 aromatic carbocycles. The maximum Gasteiger partial charge on any atom is 0.328 e. The number of Topliss-reactive ketones (excluding diaryl/α,β-unsaturated/α-hetero) is 1. The molecule has 0 saturated heterocycles. The van der Waals surface area contributed by atoms with Gasteiger partial charge in [0.2, 0.25) is 0 Å². The first kappa shape index (κ1) is 13.5. The van der Waals surface area contributed by atoms with Crippen LogP contribution in [0.2, 0.25) is 0 Å². The number of H-pyrrole nitrogens is 1. The van der Waals surface area contributed by atoms with Gasteiger partial charge in [0.15, 0.2) is 5.78 Å². The molecule has 2 aromatic heterocycles. The Bertz CT molecular complexity index is 683. The van der Waals surface area contributed by atoms with Gasteiger partial charge in [-0.25, -0.2) is 4.79 Å². The topological polar surface area (TPSA) is 71.9 Å². The summed E-state index contributed by atoms with van der Waals surface area (Å²) < 4.78 is 1.43. The Labute approximate surface area is 113 Å². The van der Waals surface area contributed by atoms with Crippen molar-refractivity contribution < 1.29 is 4.79 Å². The van der Waals surface area contributed by atoms with Crippen LogP contribution < -0.4 is 11.2 Å². The van der Waals surface area contributed by atoms with Crippen molar-refractivity contribution in [2.45, 2.75) is 26.3 Å². The third-order valence-electron chi connectivity index (χ3n) is 2.79. The number of carbonyl (C=O) groups is 1. The number of ketones is 1. The number of thiophene rings is 1. The van der Waals surface area contributed by atoms with Gasteiger partial charge in [0.05, 0.1) is 4.88 Å². The molecule has 0 aliphatic rings. The number of aryl methyl sites for hydroxylation is 2. The summed E-state index contributed by atoms with van der Waals surface area (Å²) in [6, 6.07) is 3.64. The first-order valence-corrected chi connectivity index (χ1v) is 6.83. The van der Waals surface area contributed by atoms with E-state index in [1.165, 1.54) is 22.1 Å². The van der Waals surface area contributed by atoms with Crippen LogP contribution >= 0.6 is 11.3 Å². The standard InChI is InChI=1S/C13H14N2O3S/c1-9-8-15(13(18)14-12(9)17)6-2-4-10(16)11-5-3-7-19-11/h3,5,7-8H,2,4,6H2,1H3,(H,14,17,18). The molecule has 2 rings (SSSR count). The van der Waals surface area contributed by atoms with E-state index in [0.29, 0.717) is 24.9 Å². The minimum absolute atomic E-state index is 0.0872. The highest BCUT2D eigenvalue weighted by Gasteiger charge is 2.07. The van der Waals surface area contributed by atoms with E-state index < -0.39 is 5.69 Å². The SMILES string of the molecule is Cc1cn(CCCC(=O)c2cccs2)c(=O)[nH]c1=O. The number of aromatic amines is 1. The largest absolute Gasteiger partial charge is 0.328 e. The fourth-order valence-electron chi connectivity index (χ4n) is 1.75. The van der Waals surface area contributed by atoms with Gasteiger partial charge in [0.1, 0.15) is 0 Å². The van der Waals surface area contributed by atoms with Crippen molar-refractivity contribution in [3.63, 3.8) is 0 Å². The normalized spacial score (nSPS) is 10.6. The quantitative estimate of drug-likeness (QED) is 0.844. The lowest BCUT2D eigenvalue weighted by atomic mass is 10.2. The lowest BCUT2D eigenvalue weighted by molar-refractivity contribution is 0.0982. The zero-order valence-electron chi connectivity index (χ0n) is 10.5. The van der Waals surface area contributed by atoms with E-state index in [1.54, 1.807) is 13.0 Å². The molecule has 0 fully saturated rings. The van der Waals surface area contributed by atoms with Crippen molar-refractivity contribution in [1.29, 1.82) is 0 Å². The lowest BCUT2D eigenvalue weighted by Crippen LogP contribution is -2.30. The maximum atomic E-state index is 11.8. The highest BCUT2D eigenvalue weighted by molar-refractivity contribution is 7.12. The molecular weight excluding hydrogens is 264 g/mol. The summed E-state index contributed by atoms with van der Waals surface area (Å²) in [5.41, 5.74) is -0.306. The van der Waals surface area contributed by atoms with Crippen LogP contribution in [0.1, 0.15) is 28.1 Å². The third-order valence-corrected chi connectivity index (χ3v) is 3.70. The van der Waals surface area contributed by atoms with Crippen LogP contribution in [0, 0.1) is 6.92 Å². The first-order valence-electron chi connectivity index (χ1n) is 5.95. The molecule has 5 nitrogen and oxygen atoms in total. The summed E-state index contributed by atoms with van der Waals surface area (Å²) >= 11 is 1.42. The second-order valence-electron chi connectivity index (χ2n) is 4.27. The van der Waals surface area contributed by atoms with E-state index in [9.17, 15) is 14.4 Å². The molecule has 0 atom stereocenters. The van der Waals surface area contributed by atoms with Crippen molar-refractivity contribution in [2.24, 2.45) is 0 Å². The molecular formula is C13H14N2O3S. The van der Waals surface area contributed by atoms with Crippen molar-refractivity contribution in [1.82, 2.24) is 9.55 Å². The van der Waals surface area contributed by atoms with Crippen LogP contribution in [0.3, 0.4) is 0 Å². The van der Waals surface area contributed by atoms with Crippen LogP contribution in [0.15, 0.2) is 33.3 Å². The van der Waals surface area contributed by atoms with Gasteiger partial charge in [0, 0.05) is 24.7 Å². The average molecular weight is 278 g/mol. The number of hydrogen-bond donors (Lipinski definition) is 1. The summed E-state index contributed by atoms with van der Waals surface area (Å²) in [7, 11) is 0. The fourth-order valence-corrected chi connectivity index (χ4v) is 2.45. The first-order chi connectivity index (χ1) is 9.08. The molecule has 1 N–H and O–H groups in total. The molecule has 0 saturated carbocycles. The van der Waals surface area contributed by atoms with Crippen molar-refractivity contribution >= 4 is 17.1 Å².